The lowest BCUT2D eigenvalue weighted by atomic mass is 9.90. The minimum atomic E-state index is -4.66. The molecule has 2 fully saturated rings. The predicted octanol–water partition coefficient (Wildman–Crippen LogP) is 8.13. The first-order chi connectivity index (χ1) is 26.7. The number of hydrogen-bond donors (Lipinski definition) is 4. The Bertz CT molecular complexity index is 1450. The number of aromatic nitrogens is 2. The molecule has 1 unspecified atom stereocenters. The summed E-state index contributed by atoms with van der Waals surface area (Å²) in [6.45, 7) is 2.73. The zero-order valence-corrected chi connectivity index (χ0v) is 34.1. The number of hydrogen-bond acceptors (Lipinski definition) is 11. The van der Waals surface area contributed by atoms with E-state index >= 15 is 0 Å². The second-order valence-electron chi connectivity index (χ2n) is 15.6. The Hall–Kier alpha value is -2.11. The van der Waals surface area contributed by atoms with Gasteiger partial charge in [0.1, 0.15) is 30.5 Å². The zero-order valence-electron chi connectivity index (χ0n) is 33.2. The maximum atomic E-state index is 13.0. The Morgan fingerprint density at radius 2 is 1.53 bits per heavy atom. The molecule has 5 N–H and O–H groups in total. The summed E-state index contributed by atoms with van der Waals surface area (Å²) in [7, 11) is -4.66. The normalized spacial score (nSPS) is 23.6. The molecule has 0 spiro atoms. The molecule has 6 atom stereocenters. The molecule has 13 nitrogen and oxygen atoms in total. The van der Waals surface area contributed by atoms with Crippen LogP contribution in [0.15, 0.2) is 24.4 Å². The number of phosphoric ester groups is 1. The highest BCUT2D eigenvalue weighted by molar-refractivity contribution is 7.47. The molecular weight excluding hydrogens is 723 g/mol. The Morgan fingerprint density at radius 3 is 2.15 bits per heavy atom. The lowest BCUT2D eigenvalue weighted by molar-refractivity contribution is -0.0703. The molecule has 4 rings (SSSR count). The van der Waals surface area contributed by atoms with E-state index in [0.717, 1.165) is 25.7 Å². The van der Waals surface area contributed by atoms with E-state index in [0.29, 0.717) is 30.3 Å². The molecule has 55 heavy (non-hydrogen) atoms. The van der Waals surface area contributed by atoms with Crippen molar-refractivity contribution in [3.63, 3.8) is 0 Å². The number of anilines is 1. The molecule has 0 radical (unpaired) electrons. The molecule has 312 valence electrons. The minimum absolute atomic E-state index is 0.146. The predicted molar refractivity (Wildman–Crippen MR) is 212 cm³/mol. The largest absolute Gasteiger partial charge is 0.472 e. The molecule has 1 aliphatic carbocycles. The van der Waals surface area contributed by atoms with Crippen LogP contribution in [0, 0.1) is 17.2 Å². The molecule has 14 heteroatoms. The summed E-state index contributed by atoms with van der Waals surface area (Å²) in [5.74, 6) is 0.436. The highest BCUT2D eigenvalue weighted by Crippen LogP contribution is 2.46. The first-order valence-electron chi connectivity index (χ1n) is 21.2. The molecule has 1 aliphatic heterocycles. The van der Waals surface area contributed by atoms with Crippen LogP contribution in [0.1, 0.15) is 147 Å². The van der Waals surface area contributed by atoms with E-state index in [4.69, 9.17) is 29.0 Å². The second-order valence-corrected chi connectivity index (χ2v) is 17.1. The van der Waals surface area contributed by atoms with Gasteiger partial charge >= 0.3 is 7.82 Å². The van der Waals surface area contributed by atoms with Crippen LogP contribution in [-0.2, 0) is 33.4 Å². The molecular formula is C41H69N4O9P. The van der Waals surface area contributed by atoms with Crippen LogP contribution in [0.4, 0.5) is 5.69 Å². The Kier molecular flexibility index (Phi) is 20.4. The molecule has 1 saturated carbocycles. The van der Waals surface area contributed by atoms with Crippen molar-refractivity contribution in [2.24, 2.45) is 5.92 Å². The van der Waals surface area contributed by atoms with Crippen molar-refractivity contribution in [3.05, 3.63) is 30.1 Å². The number of nitrogen functional groups attached to an aromatic ring is 1. The van der Waals surface area contributed by atoms with Crippen molar-refractivity contribution in [3.8, 4) is 6.07 Å². The number of fused-ring (bicyclic) bond motifs is 1. The van der Waals surface area contributed by atoms with E-state index < -0.39 is 44.4 Å². The summed E-state index contributed by atoms with van der Waals surface area (Å²) >= 11 is 0. The first kappa shape index (κ1) is 45.6. The Balaban J connectivity index is 1.14. The van der Waals surface area contributed by atoms with Crippen molar-refractivity contribution in [1.82, 2.24) is 9.61 Å². The molecule has 2 aromatic heterocycles. The van der Waals surface area contributed by atoms with Crippen LogP contribution in [0.5, 0.6) is 0 Å². The monoisotopic (exact) mass is 792 g/mol. The van der Waals surface area contributed by atoms with Gasteiger partial charge in [-0.2, -0.15) is 10.4 Å². The summed E-state index contributed by atoms with van der Waals surface area (Å²) in [6, 6.07) is 6.69. The minimum Gasteiger partial charge on any atom is -0.397 e. The third kappa shape index (κ3) is 14.7. The fraction of sp³-hybridized carbons (Fsp3) is 0.805. The van der Waals surface area contributed by atoms with E-state index in [-0.39, 0.29) is 18.9 Å². The van der Waals surface area contributed by atoms with E-state index in [2.05, 4.69) is 12.0 Å². The standard InChI is InChI=1S/C41H69N4O9P/c1-2-3-4-5-6-7-8-9-10-11-12-13-14-15-16-20-27-50-29-34(51-28-33-21-18-17-19-22-33)30-52-55(48,49)53-31-37-39(46)40(47)41(32-42,54-37)38-24-23-36-35(43)25-26-44-45(36)38/h23-26,33-34,37,39-40,46-47H,2-22,27-31,43H2,1H3,(H,48,49)/t34-,37-,39-,40-,41+/m1/s1. The van der Waals surface area contributed by atoms with Crippen LogP contribution >= 0.6 is 7.82 Å². The van der Waals surface area contributed by atoms with Crippen molar-refractivity contribution < 1.29 is 42.9 Å². The van der Waals surface area contributed by atoms with Gasteiger partial charge in [-0.1, -0.05) is 122 Å². The second kappa shape index (κ2) is 24.6. The van der Waals surface area contributed by atoms with E-state index in [1.54, 1.807) is 12.1 Å². The molecule has 2 aromatic rings. The van der Waals surface area contributed by atoms with Crippen molar-refractivity contribution >= 4 is 19.0 Å². The number of phosphoric acid groups is 1. The number of nitrogens with two attached hydrogens (primary N) is 1. The quantitative estimate of drug-likeness (QED) is 0.0458. The Labute approximate surface area is 328 Å². The summed E-state index contributed by atoms with van der Waals surface area (Å²) < 4.78 is 42.9. The van der Waals surface area contributed by atoms with Gasteiger partial charge in [-0.15, -0.1) is 0 Å². The average molecular weight is 793 g/mol. The van der Waals surface area contributed by atoms with E-state index in [9.17, 15) is 24.9 Å². The number of aliphatic hydroxyl groups is 2. The maximum absolute atomic E-state index is 13.0. The number of nitrogens with zero attached hydrogens (tertiary/aromatic N) is 3. The smallest absolute Gasteiger partial charge is 0.397 e. The fourth-order valence-corrected chi connectivity index (χ4v) is 8.52. The number of aliphatic hydroxyl groups excluding tert-OH is 2. The maximum Gasteiger partial charge on any atom is 0.472 e. The van der Waals surface area contributed by atoms with E-state index in [1.165, 1.54) is 126 Å². The van der Waals surface area contributed by atoms with Crippen LogP contribution in [0.3, 0.4) is 0 Å². The SMILES string of the molecule is CCCCCCCCCCCCCCCCCCOC[C@H](COP(=O)(O)OC[C@H]1O[C@@](C#N)(c2ccc3c(N)ccnn23)[C@H](O)[C@@H]1O)OCC1CCCCC1. The molecule has 1 saturated heterocycles. The average Bonchev–Trinajstić information content (AvgIpc) is 3.74. The lowest BCUT2D eigenvalue weighted by Crippen LogP contribution is -2.41. The third-order valence-electron chi connectivity index (χ3n) is 11.2. The Morgan fingerprint density at radius 1 is 0.909 bits per heavy atom. The third-order valence-corrected chi connectivity index (χ3v) is 12.1. The number of rotatable bonds is 29. The van der Waals surface area contributed by atoms with Gasteiger partial charge in [0.05, 0.1) is 36.7 Å². The highest BCUT2D eigenvalue weighted by atomic mass is 31.2. The van der Waals surface area contributed by atoms with Crippen LogP contribution in [-0.4, -0.2) is 82.2 Å². The van der Waals surface area contributed by atoms with Crippen molar-refractivity contribution in [2.45, 2.75) is 172 Å². The number of nitriles is 1. The van der Waals surface area contributed by atoms with Crippen molar-refractivity contribution in [1.29, 1.82) is 5.26 Å². The molecule has 0 amide bonds. The zero-order chi connectivity index (χ0) is 39.4. The summed E-state index contributed by atoms with van der Waals surface area (Å²) in [4.78, 5) is 10.6. The van der Waals surface area contributed by atoms with Gasteiger partial charge in [-0.3, -0.25) is 9.05 Å². The van der Waals surface area contributed by atoms with Crippen molar-refractivity contribution in [2.75, 3.05) is 38.8 Å². The summed E-state index contributed by atoms with van der Waals surface area (Å²) in [6.07, 6.45) is 22.8. The summed E-state index contributed by atoms with van der Waals surface area (Å²) in [5, 5.41) is 36.2. The van der Waals surface area contributed by atoms with Gasteiger partial charge < -0.3 is 35.1 Å². The fourth-order valence-electron chi connectivity index (χ4n) is 7.75. The first-order valence-corrected chi connectivity index (χ1v) is 22.7. The van der Waals surface area contributed by atoms with Crippen LogP contribution in [0.2, 0.25) is 0 Å². The van der Waals surface area contributed by atoms with Crippen LogP contribution < -0.4 is 5.73 Å². The topological polar surface area (TPSA) is 191 Å². The van der Waals surface area contributed by atoms with Gasteiger partial charge in [0, 0.05) is 19.4 Å². The van der Waals surface area contributed by atoms with Gasteiger partial charge in [0.2, 0.25) is 5.60 Å². The van der Waals surface area contributed by atoms with Gasteiger partial charge in [-0.25, -0.2) is 9.08 Å². The van der Waals surface area contributed by atoms with Gasteiger partial charge in [0.25, 0.3) is 0 Å². The molecule has 0 bridgehead atoms. The number of unbranched alkanes of at least 4 members (excludes halogenated alkanes) is 15. The highest BCUT2D eigenvalue weighted by Gasteiger charge is 2.58. The lowest BCUT2D eigenvalue weighted by Gasteiger charge is -2.25. The molecule has 2 aliphatic rings. The molecule has 3 heterocycles. The van der Waals surface area contributed by atoms with Gasteiger partial charge in [-0.05, 0) is 43.4 Å². The van der Waals surface area contributed by atoms with Crippen LogP contribution in [0.25, 0.3) is 5.52 Å². The summed E-state index contributed by atoms with van der Waals surface area (Å²) in [5.41, 5.74) is 5.02. The number of ether oxygens (including phenoxy) is 3. The van der Waals surface area contributed by atoms with E-state index in [1.807, 2.05) is 6.07 Å². The van der Waals surface area contributed by atoms with Gasteiger partial charge in [0.15, 0.2) is 0 Å². The molecule has 0 aromatic carbocycles.